The van der Waals surface area contributed by atoms with Gasteiger partial charge in [-0.1, -0.05) is 6.92 Å². The SMILES string of the molecule is CC(CSCCCOOCC1CO1)C(N)=O. The number of primary amides is 1. The number of nitrogens with two attached hydrogens (primary N) is 1. The number of amides is 1. The number of rotatable bonds is 10. The summed E-state index contributed by atoms with van der Waals surface area (Å²) in [5, 5.41) is 0. The fraction of sp³-hybridized carbons (Fsp3) is 0.900. The largest absolute Gasteiger partial charge is 0.370 e. The lowest BCUT2D eigenvalue weighted by Crippen LogP contribution is -2.22. The third-order valence-electron chi connectivity index (χ3n) is 2.11. The molecule has 6 heteroatoms. The zero-order chi connectivity index (χ0) is 11.8. The molecule has 94 valence electrons. The standard InChI is InChI=1S/C10H19NO4S/c1-8(10(11)12)7-16-4-2-3-14-15-6-9-5-13-9/h8-9H,2-7H2,1H3,(H2,11,12). The summed E-state index contributed by atoms with van der Waals surface area (Å²) >= 11 is 1.71. The summed E-state index contributed by atoms with van der Waals surface area (Å²) in [5.74, 6) is 1.42. The maximum absolute atomic E-state index is 10.7. The van der Waals surface area contributed by atoms with Crippen LogP contribution in [0.15, 0.2) is 0 Å². The summed E-state index contributed by atoms with van der Waals surface area (Å²) in [6, 6.07) is 0. The molecule has 0 aromatic rings. The highest BCUT2D eigenvalue weighted by atomic mass is 32.2. The first-order valence-corrected chi connectivity index (χ1v) is 6.58. The van der Waals surface area contributed by atoms with Gasteiger partial charge in [-0.2, -0.15) is 11.8 Å². The van der Waals surface area contributed by atoms with Gasteiger partial charge in [-0.3, -0.25) is 4.79 Å². The average Bonchev–Trinajstić information content (AvgIpc) is 3.05. The van der Waals surface area contributed by atoms with E-state index in [0.717, 1.165) is 24.5 Å². The number of hydrogen-bond acceptors (Lipinski definition) is 5. The number of epoxide rings is 1. The van der Waals surface area contributed by atoms with Crippen molar-refractivity contribution in [2.75, 3.05) is 31.3 Å². The van der Waals surface area contributed by atoms with Crippen LogP contribution in [-0.2, 0) is 19.3 Å². The Morgan fingerprint density at radius 1 is 1.62 bits per heavy atom. The van der Waals surface area contributed by atoms with E-state index < -0.39 is 0 Å². The molecule has 0 spiro atoms. The van der Waals surface area contributed by atoms with Crippen LogP contribution in [0.4, 0.5) is 0 Å². The predicted octanol–water partition coefficient (Wildman–Crippen LogP) is 0.578. The van der Waals surface area contributed by atoms with E-state index >= 15 is 0 Å². The van der Waals surface area contributed by atoms with E-state index in [9.17, 15) is 4.79 Å². The second-order valence-electron chi connectivity index (χ2n) is 3.79. The lowest BCUT2D eigenvalue weighted by molar-refractivity contribution is -0.295. The number of thioether (sulfide) groups is 1. The van der Waals surface area contributed by atoms with Gasteiger partial charge in [-0.15, -0.1) is 0 Å². The Morgan fingerprint density at radius 3 is 3.00 bits per heavy atom. The minimum absolute atomic E-state index is 0.0609. The molecule has 2 atom stereocenters. The molecule has 2 unspecified atom stereocenters. The van der Waals surface area contributed by atoms with Gasteiger partial charge in [0.05, 0.1) is 13.2 Å². The molecule has 1 saturated heterocycles. The quantitative estimate of drug-likeness (QED) is 0.265. The molecule has 5 nitrogen and oxygen atoms in total. The van der Waals surface area contributed by atoms with Crippen LogP contribution in [-0.4, -0.2) is 43.3 Å². The molecule has 1 aliphatic heterocycles. The molecule has 0 bridgehead atoms. The third kappa shape index (κ3) is 7.05. The first-order chi connectivity index (χ1) is 7.70. The van der Waals surface area contributed by atoms with E-state index in [2.05, 4.69) is 0 Å². The molecule has 1 heterocycles. The lowest BCUT2D eigenvalue weighted by Gasteiger charge is -2.06. The normalized spacial score (nSPS) is 20.7. The van der Waals surface area contributed by atoms with Gasteiger partial charge in [-0.05, 0) is 12.2 Å². The summed E-state index contributed by atoms with van der Waals surface area (Å²) in [4.78, 5) is 20.6. The molecular formula is C10H19NO4S. The van der Waals surface area contributed by atoms with E-state index in [0.29, 0.717) is 13.2 Å². The van der Waals surface area contributed by atoms with E-state index in [1.807, 2.05) is 6.92 Å². The Hall–Kier alpha value is -0.300. The van der Waals surface area contributed by atoms with Crippen LogP contribution in [0.3, 0.4) is 0 Å². The molecule has 1 rings (SSSR count). The summed E-state index contributed by atoms with van der Waals surface area (Å²) < 4.78 is 4.95. The smallest absolute Gasteiger partial charge is 0.221 e. The third-order valence-corrected chi connectivity index (χ3v) is 3.42. The van der Waals surface area contributed by atoms with Crippen molar-refractivity contribution in [1.29, 1.82) is 0 Å². The number of hydrogen-bond donors (Lipinski definition) is 1. The van der Waals surface area contributed by atoms with Gasteiger partial charge in [0.15, 0.2) is 0 Å². The second kappa shape index (κ2) is 7.89. The predicted molar refractivity (Wildman–Crippen MR) is 61.9 cm³/mol. The van der Waals surface area contributed by atoms with Crippen LogP contribution in [0.1, 0.15) is 13.3 Å². The van der Waals surface area contributed by atoms with Crippen LogP contribution in [0.25, 0.3) is 0 Å². The minimum atomic E-state index is -0.239. The van der Waals surface area contributed by atoms with Gasteiger partial charge in [0, 0.05) is 11.7 Å². The molecule has 0 aromatic heterocycles. The van der Waals surface area contributed by atoms with Gasteiger partial charge in [0.1, 0.15) is 12.7 Å². The molecule has 16 heavy (non-hydrogen) atoms. The fourth-order valence-electron chi connectivity index (χ4n) is 0.909. The Bertz CT molecular complexity index is 211. The van der Waals surface area contributed by atoms with Crippen molar-refractivity contribution < 1.29 is 19.3 Å². The van der Waals surface area contributed by atoms with Crippen molar-refractivity contribution >= 4 is 17.7 Å². The van der Waals surface area contributed by atoms with Gasteiger partial charge in [-0.25, -0.2) is 9.78 Å². The van der Waals surface area contributed by atoms with Crippen LogP contribution in [0.5, 0.6) is 0 Å². The van der Waals surface area contributed by atoms with Crippen molar-refractivity contribution in [1.82, 2.24) is 0 Å². The van der Waals surface area contributed by atoms with Crippen molar-refractivity contribution in [2.45, 2.75) is 19.4 Å². The Labute approximate surface area is 99.9 Å². The summed E-state index contributed by atoms with van der Waals surface area (Å²) in [7, 11) is 0. The highest BCUT2D eigenvalue weighted by molar-refractivity contribution is 7.99. The topological polar surface area (TPSA) is 74.1 Å². The van der Waals surface area contributed by atoms with Crippen molar-refractivity contribution in [3.63, 3.8) is 0 Å². The summed E-state index contributed by atoms with van der Waals surface area (Å²) in [5.41, 5.74) is 5.14. The molecule has 0 aromatic carbocycles. The molecule has 1 aliphatic rings. The minimum Gasteiger partial charge on any atom is -0.370 e. The molecule has 0 saturated carbocycles. The zero-order valence-electron chi connectivity index (χ0n) is 9.52. The van der Waals surface area contributed by atoms with Gasteiger partial charge in [0.2, 0.25) is 5.91 Å². The van der Waals surface area contributed by atoms with E-state index in [4.69, 9.17) is 20.2 Å². The molecular weight excluding hydrogens is 230 g/mol. The van der Waals surface area contributed by atoms with Crippen molar-refractivity contribution in [3.05, 3.63) is 0 Å². The van der Waals surface area contributed by atoms with Gasteiger partial charge >= 0.3 is 0 Å². The molecule has 2 N–H and O–H groups in total. The Morgan fingerprint density at radius 2 is 2.38 bits per heavy atom. The van der Waals surface area contributed by atoms with E-state index in [1.54, 1.807) is 11.8 Å². The fourth-order valence-corrected chi connectivity index (χ4v) is 1.92. The zero-order valence-corrected chi connectivity index (χ0v) is 10.3. The maximum atomic E-state index is 10.7. The summed E-state index contributed by atoms with van der Waals surface area (Å²) in [6.07, 6.45) is 1.15. The first kappa shape index (κ1) is 13.8. The van der Waals surface area contributed by atoms with Crippen molar-refractivity contribution in [3.8, 4) is 0 Å². The molecule has 1 fully saturated rings. The average molecular weight is 249 g/mol. The van der Waals surface area contributed by atoms with E-state index in [-0.39, 0.29) is 17.9 Å². The van der Waals surface area contributed by atoms with E-state index in [1.165, 1.54) is 0 Å². The lowest BCUT2D eigenvalue weighted by atomic mass is 10.2. The molecule has 0 radical (unpaired) electrons. The molecule has 1 amide bonds. The molecule has 0 aliphatic carbocycles. The highest BCUT2D eigenvalue weighted by Crippen LogP contribution is 2.10. The Balaban J connectivity index is 1.75. The summed E-state index contributed by atoms with van der Waals surface area (Å²) in [6.45, 7) is 3.71. The highest BCUT2D eigenvalue weighted by Gasteiger charge is 2.22. The number of ether oxygens (including phenoxy) is 1. The number of carbonyl (C=O) groups excluding carboxylic acids is 1. The first-order valence-electron chi connectivity index (χ1n) is 5.43. The van der Waals surface area contributed by atoms with Crippen LogP contribution < -0.4 is 5.73 Å². The Kier molecular flexibility index (Phi) is 6.79. The van der Waals surface area contributed by atoms with Gasteiger partial charge < -0.3 is 10.5 Å². The van der Waals surface area contributed by atoms with Crippen LogP contribution >= 0.6 is 11.8 Å². The van der Waals surface area contributed by atoms with Crippen molar-refractivity contribution in [2.24, 2.45) is 11.7 Å². The monoisotopic (exact) mass is 249 g/mol. The van der Waals surface area contributed by atoms with Crippen LogP contribution in [0, 0.1) is 5.92 Å². The van der Waals surface area contributed by atoms with Gasteiger partial charge in [0.25, 0.3) is 0 Å². The van der Waals surface area contributed by atoms with Crippen LogP contribution in [0.2, 0.25) is 0 Å². The maximum Gasteiger partial charge on any atom is 0.221 e. The second-order valence-corrected chi connectivity index (χ2v) is 4.94. The number of carbonyl (C=O) groups is 1.